The largest absolute Gasteiger partial charge is 0.336 e. The highest BCUT2D eigenvalue weighted by Gasteiger charge is 2.15. The molecule has 2 rings (SSSR count). The minimum atomic E-state index is -0.157. The van der Waals surface area contributed by atoms with Crippen molar-refractivity contribution in [3.05, 3.63) is 28.7 Å². The van der Waals surface area contributed by atoms with Crippen LogP contribution in [-0.2, 0) is 6.54 Å². The lowest BCUT2D eigenvalue weighted by molar-refractivity contribution is 0.232. The molecule has 19 heavy (non-hydrogen) atoms. The van der Waals surface area contributed by atoms with E-state index in [1.807, 2.05) is 0 Å². The molecule has 2 amide bonds. The van der Waals surface area contributed by atoms with Gasteiger partial charge < -0.3 is 10.6 Å². The number of carbonyl (C=O) groups excluding carboxylic acids is 1. The summed E-state index contributed by atoms with van der Waals surface area (Å²) in [6, 6.07) is 3.19. The molecule has 6 nitrogen and oxygen atoms in total. The fraction of sp³-hybridized carbons (Fsp3) is 0.615. The van der Waals surface area contributed by atoms with Gasteiger partial charge in [-0.15, -0.1) is 0 Å². The Bertz CT molecular complexity index is 466. The Morgan fingerprint density at radius 1 is 1.37 bits per heavy atom. The lowest BCUT2D eigenvalue weighted by atomic mass is 9.96. The van der Waals surface area contributed by atoms with Crippen LogP contribution in [0.5, 0.6) is 0 Å². The molecule has 2 N–H and O–H groups in total. The number of rotatable bonds is 4. The molecule has 0 saturated heterocycles. The van der Waals surface area contributed by atoms with Crippen LogP contribution < -0.4 is 16.2 Å². The predicted molar refractivity (Wildman–Crippen MR) is 71.9 cm³/mol. The van der Waals surface area contributed by atoms with E-state index in [0.717, 1.165) is 12.8 Å². The van der Waals surface area contributed by atoms with Crippen molar-refractivity contribution in [2.45, 2.75) is 44.7 Å². The first-order chi connectivity index (χ1) is 9.25. The highest BCUT2D eigenvalue weighted by atomic mass is 16.2. The maximum atomic E-state index is 11.7. The van der Waals surface area contributed by atoms with Crippen LogP contribution in [-0.4, -0.2) is 28.4 Å². The molecule has 1 aliphatic carbocycles. The van der Waals surface area contributed by atoms with Crippen molar-refractivity contribution >= 4 is 6.03 Å². The molecule has 0 spiro atoms. The van der Waals surface area contributed by atoms with Gasteiger partial charge in [0.1, 0.15) is 0 Å². The molecule has 1 heterocycles. The van der Waals surface area contributed by atoms with Gasteiger partial charge in [-0.2, -0.15) is 5.10 Å². The molecule has 1 aliphatic rings. The molecule has 0 aliphatic heterocycles. The van der Waals surface area contributed by atoms with E-state index in [9.17, 15) is 9.59 Å². The minimum absolute atomic E-state index is 0.156. The number of aromatic nitrogens is 2. The summed E-state index contributed by atoms with van der Waals surface area (Å²) in [7, 11) is 0. The standard InChI is InChI=1S/C13H20N4O2/c18-12-7-4-8-15-17(12)10-9-14-13(19)16-11-5-2-1-3-6-11/h4,7-8,11H,1-3,5-6,9-10H2,(H2,14,16,19). The highest BCUT2D eigenvalue weighted by molar-refractivity contribution is 5.74. The van der Waals surface area contributed by atoms with Gasteiger partial charge in [0.05, 0.1) is 6.54 Å². The molecule has 0 radical (unpaired) electrons. The van der Waals surface area contributed by atoms with Gasteiger partial charge in [0, 0.05) is 24.8 Å². The molecular weight excluding hydrogens is 244 g/mol. The fourth-order valence-electron chi connectivity index (χ4n) is 2.31. The van der Waals surface area contributed by atoms with Crippen molar-refractivity contribution in [1.82, 2.24) is 20.4 Å². The van der Waals surface area contributed by atoms with Crippen LogP contribution in [0.3, 0.4) is 0 Å². The zero-order valence-corrected chi connectivity index (χ0v) is 11.0. The number of hydrogen-bond acceptors (Lipinski definition) is 3. The smallest absolute Gasteiger partial charge is 0.315 e. The maximum Gasteiger partial charge on any atom is 0.315 e. The summed E-state index contributed by atoms with van der Waals surface area (Å²) in [6.45, 7) is 0.785. The van der Waals surface area contributed by atoms with E-state index in [-0.39, 0.29) is 11.6 Å². The third kappa shape index (κ3) is 4.39. The summed E-state index contributed by atoms with van der Waals surface area (Å²) < 4.78 is 1.33. The van der Waals surface area contributed by atoms with Gasteiger partial charge in [-0.05, 0) is 18.9 Å². The molecule has 1 fully saturated rings. The Morgan fingerprint density at radius 2 is 2.16 bits per heavy atom. The second kappa shape index (κ2) is 6.92. The van der Waals surface area contributed by atoms with Gasteiger partial charge >= 0.3 is 6.03 Å². The molecule has 1 saturated carbocycles. The molecule has 1 aromatic heterocycles. The van der Waals surface area contributed by atoms with Crippen LogP contribution in [0.15, 0.2) is 23.1 Å². The molecule has 1 aromatic rings. The second-order valence-electron chi connectivity index (χ2n) is 4.82. The third-order valence-electron chi connectivity index (χ3n) is 3.33. The van der Waals surface area contributed by atoms with Crippen molar-refractivity contribution in [2.24, 2.45) is 0 Å². The van der Waals surface area contributed by atoms with Gasteiger partial charge in [0.2, 0.25) is 0 Å². The lowest BCUT2D eigenvalue weighted by Crippen LogP contribution is -2.44. The summed E-state index contributed by atoms with van der Waals surface area (Å²) in [5.41, 5.74) is -0.156. The first kappa shape index (κ1) is 13.6. The van der Waals surface area contributed by atoms with Gasteiger partial charge in [0.25, 0.3) is 5.56 Å². The van der Waals surface area contributed by atoms with E-state index in [0.29, 0.717) is 19.1 Å². The molecule has 6 heteroatoms. The Balaban J connectivity index is 1.69. The lowest BCUT2D eigenvalue weighted by Gasteiger charge is -2.22. The Hall–Kier alpha value is -1.85. The molecular formula is C13H20N4O2. The van der Waals surface area contributed by atoms with Gasteiger partial charge in [-0.25, -0.2) is 9.48 Å². The van der Waals surface area contributed by atoms with Crippen LogP contribution in [0.4, 0.5) is 4.79 Å². The van der Waals surface area contributed by atoms with Crippen molar-refractivity contribution in [3.63, 3.8) is 0 Å². The minimum Gasteiger partial charge on any atom is -0.336 e. The van der Waals surface area contributed by atoms with Gasteiger partial charge in [-0.1, -0.05) is 19.3 Å². The summed E-state index contributed by atoms with van der Waals surface area (Å²) in [6.07, 6.45) is 7.33. The molecule has 0 bridgehead atoms. The molecule has 0 aromatic carbocycles. The number of amides is 2. The van der Waals surface area contributed by atoms with Crippen LogP contribution >= 0.6 is 0 Å². The monoisotopic (exact) mass is 264 g/mol. The first-order valence-corrected chi connectivity index (χ1v) is 6.82. The van der Waals surface area contributed by atoms with E-state index >= 15 is 0 Å². The fourth-order valence-corrected chi connectivity index (χ4v) is 2.31. The van der Waals surface area contributed by atoms with Crippen LogP contribution in [0, 0.1) is 0 Å². The zero-order chi connectivity index (χ0) is 13.5. The summed E-state index contributed by atoms with van der Waals surface area (Å²) >= 11 is 0. The van der Waals surface area contributed by atoms with Gasteiger partial charge in [-0.3, -0.25) is 4.79 Å². The summed E-state index contributed by atoms with van der Waals surface area (Å²) in [5, 5.41) is 9.64. The number of carbonyl (C=O) groups is 1. The average molecular weight is 264 g/mol. The van der Waals surface area contributed by atoms with E-state index in [1.165, 1.54) is 30.0 Å². The summed E-state index contributed by atoms with van der Waals surface area (Å²) in [5.74, 6) is 0. The van der Waals surface area contributed by atoms with E-state index in [2.05, 4.69) is 15.7 Å². The Morgan fingerprint density at radius 3 is 2.89 bits per heavy atom. The zero-order valence-electron chi connectivity index (χ0n) is 11.0. The van der Waals surface area contributed by atoms with Crippen molar-refractivity contribution < 1.29 is 4.79 Å². The SMILES string of the molecule is O=C(NCCn1ncccc1=O)NC1CCCCC1. The highest BCUT2D eigenvalue weighted by Crippen LogP contribution is 2.16. The van der Waals surface area contributed by atoms with Crippen LogP contribution in [0.2, 0.25) is 0 Å². The Labute approximate surface area is 112 Å². The molecule has 104 valence electrons. The average Bonchev–Trinajstić information content (AvgIpc) is 2.42. The van der Waals surface area contributed by atoms with E-state index < -0.39 is 0 Å². The molecule has 0 atom stereocenters. The normalized spacial score (nSPS) is 16.0. The molecule has 0 unspecified atom stereocenters. The topological polar surface area (TPSA) is 76.0 Å². The van der Waals surface area contributed by atoms with Crippen molar-refractivity contribution in [3.8, 4) is 0 Å². The quantitative estimate of drug-likeness (QED) is 0.847. The van der Waals surface area contributed by atoms with E-state index in [4.69, 9.17) is 0 Å². The maximum absolute atomic E-state index is 11.7. The number of urea groups is 1. The van der Waals surface area contributed by atoms with Crippen LogP contribution in [0.25, 0.3) is 0 Å². The number of nitrogens with one attached hydrogen (secondary N) is 2. The second-order valence-corrected chi connectivity index (χ2v) is 4.82. The van der Waals surface area contributed by atoms with Crippen molar-refractivity contribution in [2.75, 3.05) is 6.54 Å². The van der Waals surface area contributed by atoms with Crippen LogP contribution in [0.1, 0.15) is 32.1 Å². The third-order valence-corrected chi connectivity index (χ3v) is 3.33. The number of hydrogen-bond donors (Lipinski definition) is 2. The Kier molecular flexibility index (Phi) is 4.94. The first-order valence-electron chi connectivity index (χ1n) is 6.82. The number of nitrogens with zero attached hydrogens (tertiary/aromatic N) is 2. The van der Waals surface area contributed by atoms with Gasteiger partial charge in [0.15, 0.2) is 0 Å². The van der Waals surface area contributed by atoms with Crippen molar-refractivity contribution in [1.29, 1.82) is 0 Å². The predicted octanol–water partition coefficient (Wildman–Crippen LogP) is 0.875. The summed E-state index contributed by atoms with van der Waals surface area (Å²) in [4.78, 5) is 23.0. The van der Waals surface area contributed by atoms with E-state index in [1.54, 1.807) is 12.3 Å².